The third-order valence-electron chi connectivity index (χ3n) is 4.12. The second-order valence-electron chi connectivity index (χ2n) is 5.78. The molecule has 3 aromatic rings. The summed E-state index contributed by atoms with van der Waals surface area (Å²) in [4.78, 5) is 15.7. The van der Waals surface area contributed by atoms with Gasteiger partial charge in [0, 0.05) is 40.1 Å². The molecule has 2 N–H and O–H groups in total. The summed E-state index contributed by atoms with van der Waals surface area (Å²) >= 11 is 0. The number of sulfone groups is 1. The van der Waals surface area contributed by atoms with Gasteiger partial charge < -0.3 is 10.3 Å². The molecule has 5 nitrogen and oxygen atoms in total. The number of hydrogen-bond donors (Lipinski definition) is 2. The van der Waals surface area contributed by atoms with E-state index in [4.69, 9.17) is 0 Å². The van der Waals surface area contributed by atoms with Gasteiger partial charge in [-0.15, -0.1) is 0 Å². The third-order valence-corrected chi connectivity index (χ3v) is 5.23. The largest absolute Gasteiger partial charge is 0.361 e. The first-order chi connectivity index (χ1) is 11.4. The summed E-state index contributed by atoms with van der Waals surface area (Å²) in [7, 11) is -3.31. The first kappa shape index (κ1) is 14.7. The Labute approximate surface area is 138 Å². The number of para-hydroxylation sites is 1. The Kier molecular flexibility index (Phi) is 3.11. The van der Waals surface area contributed by atoms with Gasteiger partial charge >= 0.3 is 0 Å². The minimum atomic E-state index is -3.31. The minimum Gasteiger partial charge on any atom is -0.361 e. The van der Waals surface area contributed by atoms with E-state index in [9.17, 15) is 13.2 Å². The summed E-state index contributed by atoms with van der Waals surface area (Å²) < 4.78 is 23.3. The number of H-pyrrole nitrogens is 1. The predicted molar refractivity (Wildman–Crippen MR) is 94.4 cm³/mol. The van der Waals surface area contributed by atoms with Crippen LogP contribution in [0, 0.1) is 0 Å². The average Bonchev–Trinajstić information content (AvgIpc) is 3.08. The first-order valence-corrected chi connectivity index (χ1v) is 9.26. The van der Waals surface area contributed by atoms with E-state index in [1.165, 1.54) is 12.1 Å². The van der Waals surface area contributed by atoms with E-state index in [0.717, 1.165) is 22.7 Å². The lowest BCUT2D eigenvalue weighted by Gasteiger charge is -2.02. The molecule has 2 aromatic carbocycles. The molecule has 0 saturated heterocycles. The van der Waals surface area contributed by atoms with Crippen molar-refractivity contribution in [3.05, 3.63) is 59.8 Å². The molecule has 6 heteroatoms. The molecule has 120 valence electrons. The zero-order valence-electron chi connectivity index (χ0n) is 12.8. The van der Waals surface area contributed by atoms with E-state index < -0.39 is 9.84 Å². The number of amides is 1. The van der Waals surface area contributed by atoms with E-state index in [0.29, 0.717) is 16.8 Å². The van der Waals surface area contributed by atoms with Gasteiger partial charge in [0.15, 0.2) is 9.84 Å². The number of hydrogen-bond acceptors (Lipinski definition) is 3. The molecule has 0 radical (unpaired) electrons. The number of aromatic nitrogens is 1. The molecular formula is C18H14N2O3S. The van der Waals surface area contributed by atoms with Crippen LogP contribution in [0.4, 0.5) is 5.69 Å². The molecule has 0 atom stereocenters. The molecule has 0 aliphatic carbocycles. The van der Waals surface area contributed by atoms with Gasteiger partial charge in [-0.3, -0.25) is 4.79 Å². The molecule has 2 heterocycles. The Morgan fingerprint density at radius 3 is 2.67 bits per heavy atom. The summed E-state index contributed by atoms with van der Waals surface area (Å²) in [5.41, 5.74) is 3.66. The highest BCUT2D eigenvalue weighted by Crippen LogP contribution is 2.35. The van der Waals surface area contributed by atoms with Crippen LogP contribution in [0.2, 0.25) is 0 Å². The smallest absolute Gasteiger partial charge is 0.256 e. The van der Waals surface area contributed by atoms with Crippen molar-refractivity contribution in [2.75, 3.05) is 11.6 Å². The van der Waals surface area contributed by atoms with E-state index in [1.807, 2.05) is 36.5 Å². The van der Waals surface area contributed by atoms with Crippen molar-refractivity contribution < 1.29 is 13.2 Å². The lowest BCUT2D eigenvalue weighted by molar-refractivity contribution is -0.110. The van der Waals surface area contributed by atoms with Crippen molar-refractivity contribution in [3.8, 4) is 0 Å². The van der Waals surface area contributed by atoms with Crippen molar-refractivity contribution >= 4 is 44.0 Å². The molecule has 0 spiro atoms. The van der Waals surface area contributed by atoms with Gasteiger partial charge in [-0.1, -0.05) is 24.3 Å². The number of rotatable bonds is 2. The summed E-state index contributed by atoms with van der Waals surface area (Å²) in [5, 5.41) is 3.77. The van der Waals surface area contributed by atoms with Crippen LogP contribution >= 0.6 is 0 Å². The quantitative estimate of drug-likeness (QED) is 0.705. The SMILES string of the molecule is CS(=O)(=O)c1ccc2c(c1)NC(=O)/C2=C/c1c[nH]c2ccccc12. The van der Waals surface area contributed by atoms with Crippen molar-refractivity contribution in [2.45, 2.75) is 4.90 Å². The molecule has 0 unspecified atom stereocenters. The molecule has 1 aliphatic rings. The maximum Gasteiger partial charge on any atom is 0.256 e. The van der Waals surface area contributed by atoms with Gasteiger partial charge in [0.05, 0.1) is 10.6 Å². The van der Waals surface area contributed by atoms with Crippen LogP contribution in [0.5, 0.6) is 0 Å². The van der Waals surface area contributed by atoms with Crippen LogP contribution in [-0.4, -0.2) is 25.6 Å². The Hall–Kier alpha value is -2.86. The number of benzene rings is 2. The number of anilines is 1. The fraction of sp³-hybridized carbons (Fsp3) is 0.0556. The molecule has 1 amide bonds. The monoisotopic (exact) mass is 338 g/mol. The standard InChI is InChI=1S/C18H14N2O3S/c1-24(22,23)12-6-7-14-15(18(21)20-17(14)9-12)8-11-10-19-16-5-3-2-4-13(11)16/h2-10,19H,1H3,(H,20,21)/b15-8+. The molecule has 24 heavy (non-hydrogen) atoms. The second-order valence-corrected chi connectivity index (χ2v) is 7.80. The number of fused-ring (bicyclic) bond motifs is 2. The highest BCUT2D eigenvalue weighted by atomic mass is 32.2. The number of nitrogens with one attached hydrogen (secondary N) is 2. The lowest BCUT2D eigenvalue weighted by Crippen LogP contribution is -2.04. The average molecular weight is 338 g/mol. The fourth-order valence-corrected chi connectivity index (χ4v) is 3.56. The van der Waals surface area contributed by atoms with Gasteiger partial charge in [-0.25, -0.2) is 8.42 Å². The van der Waals surface area contributed by atoms with E-state index in [1.54, 1.807) is 6.07 Å². The molecule has 0 bridgehead atoms. The van der Waals surface area contributed by atoms with Gasteiger partial charge in [-0.05, 0) is 24.3 Å². The Morgan fingerprint density at radius 1 is 1.08 bits per heavy atom. The van der Waals surface area contributed by atoms with Crippen molar-refractivity contribution in [1.29, 1.82) is 0 Å². The lowest BCUT2D eigenvalue weighted by atomic mass is 10.0. The van der Waals surface area contributed by atoms with Gasteiger partial charge in [0.25, 0.3) is 5.91 Å². The van der Waals surface area contributed by atoms with E-state index in [2.05, 4.69) is 10.3 Å². The molecular weight excluding hydrogens is 324 g/mol. The van der Waals surface area contributed by atoms with Crippen LogP contribution in [-0.2, 0) is 14.6 Å². The fourth-order valence-electron chi connectivity index (χ4n) is 2.92. The van der Waals surface area contributed by atoms with Crippen LogP contribution in [0.1, 0.15) is 11.1 Å². The highest BCUT2D eigenvalue weighted by molar-refractivity contribution is 7.90. The van der Waals surface area contributed by atoms with Crippen LogP contribution in [0.3, 0.4) is 0 Å². The van der Waals surface area contributed by atoms with Gasteiger partial charge in [0.1, 0.15) is 0 Å². The summed E-state index contributed by atoms with van der Waals surface area (Å²) in [5.74, 6) is -0.235. The molecule has 0 fully saturated rings. The second kappa shape index (κ2) is 5.07. The summed E-state index contributed by atoms with van der Waals surface area (Å²) in [6, 6.07) is 12.5. The Balaban J connectivity index is 1.85. The topological polar surface area (TPSA) is 79.0 Å². The maximum absolute atomic E-state index is 12.3. The van der Waals surface area contributed by atoms with Crippen molar-refractivity contribution in [1.82, 2.24) is 4.98 Å². The van der Waals surface area contributed by atoms with Gasteiger partial charge in [0.2, 0.25) is 0 Å². The summed E-state index contributed by atoms with van der Waals surface area (Å²) in [6.45, 7) is 0. The maximum atomic E-state index is 12.3. The van der Waals surface area contributed by atoms with E-state index >= 15 is 0 Å². The Bertz CT molecular complexity index is 1120. The molecule has 0 saturated carbocycles. The zero-order chi connectivity index (χ0) is 16.9. The Morgan fingerprint density at radius 2 is 1.88 bits per heavy atom. The van der Waals surface area contributed by atoms with Crippen LogP contribution < -0.4 is 5.32 Å². The third kappa shape index (κ3) is 2.32. The first-order valence-electron chi connectivity index (χ1n) is 7.37. The van der Waals surface area contributed by atoms with Crippen LogP contribution in [0.25, 0.3) is 22.6 Å². The highest BCUT2D eigenvalue weighted by Gasteiger charge is 2.25. The van der Waals surface area contributed by atoms with Crippen molar-refractivity contribution in [3.63, 3.8) is 0 Å². The molecule has 4 rings (SSSR count). The molecule has 1 aromatic heterocycles. The number of carbonyl (C=O) groups excluding carboxylic acids is 1. The molecule has 1 aliphatic heterocycles. The minimum absolute atomic E-state index is 0.190. The zero-order valence-corrected chi connectivity index (χ0v) is 13.6. The number of carbonyl (C=O) groups is 1. The van der Waals surface area contributed by atoms with Gasteiger partial charge in [-0.2, -0.15) is 0 Å². The predicted octanol–water partition coefficient (Wildman–Crippen LogP) is 3.06. The number of aromatic amines is 1. The van der Waals surface area contributed by atoms with E-state index in [-0.39, 0.29) is 10.8 Å². The normalized spacial score (nSPS) is 15.7. The van der Waals surface area contributed by atoms with Crippen molar-refractivity contribution in [2.24, 2.45) is 0 Å². The summed E-state index contributed by atoms with van der Waals surface area (Å²) in [6.07, 6.45) is 4.82. The van der Waals surface area contributed by atoms with Crippen LogP contribution in [0.15, 0.2) is 53.6 Å².